The van der Waals surface area contributed by atoms with Crippen molar-refractivity contribution in [1.29, 1.82) is 5.26 Å². The minimum absolute atomic E-state index is 0.0104. The van der Waals surface area contributed by atoms with E-state index in [-0.39, 0.29) is 36.6 Å². The number of unbranched alkanes of at least 4 members (excludes halogenated alkanes) is 1. The Balaban J connectivity index is 2.21. The Labute approximate surface area is 227 Å². The maximum absolute atomic E-state index is 13.4. The van der Waals surface area contributed by atoms with Gasteiger partial charge in [-0.1, -0.05) is 56.3 Å². The summed E-state index contributed by atoms with van der Waals surface area (Å²) in [6.07, 6.45) is 2.50. The number of nitrogens with one attached hydrogen (secondary N) is 2. The van der Waals surface area contributed by atoms with Crippen molar-refractivity contribution in [3.63, 3.8) is 0 Å². The van der Waals surface area contributed by atoms with Crippen LogP contribution in [-0.4, -0.2) is 51.9 Å². The number of nitriles is 1. The van der Waals surface area contributed by atoms with Gasteiger partial charge in [0.15, 0.2) is 0 Å². The largest absolute Gasteiger partial charge is 0.475 e. The van der Waals surface area contributed by atoms with Crippen LogP contribution in [0.5, 0.6) is 0 Å². The SMILES string of the molecule is CC(C)C=C(C#N)C(=O)NCCCC[C@@H](C(=O)N[C@@H](Cc1ccccc1)B(O)O)n1c(C(N)=O)cccc1=O. The van der Waals surface area contributed by atoms with E-state index < -0.39 is 42.4 Å². The monoisotopic (exact) mass is 535 g/mol. The van der Waals surface area contributed by atoms with Crippen LogP contribution in [0.3, 0.4) is 0 Å². The summed E-state index contributed by atoms with van der Waals surface area (Å²) < 4.78 is 0.999. The Kier molecular flexibility index (Phi) is 12.1. The number of nitrogens with zero attached hydrogens (tertiary/aromatic N) is 2. The fourth-order valence-corrected chi connectivity index (χ4v) is 4.04. The molecule has 1 aromatic heterocycles. The zero-order chi connectivity index (χ0) is 28.9. The lowest BCUT2D eigenvalue weighted by molar-refractivity contribution is -0.125. The fraction of sp³-hybridized carbons (Fsp3) is 0.370. The summed E-state index contributed by atoms with van der Waals surface area (Å²) in [5.74, 6) is -3.17. The summed E-state index contributed by atoms with van der Waals surface area (Å²) in [7, 11) is -1.89. The number of aromatic nitrogens is 1. The molecule has 0 aliphatic carbocycles. The summed E-state index contributed by atoms with van der Waals surface area (Å²) >= 11 is 0. The lowest BCUT2D eigenvalue weighted by Crippen LogP contribution is -2.51. The topological polar surface area (TPSA) is 188 Å². The fourth-order valence-electron chi connectivity index (χ4n) is 4.04. The molecule has 39 heavy (non-hydrogen) atoms. The van der Waals surface area contributed by atoms with Crippen molar-refractivity contribution >= 4 is 24.8 Å². The van der Waals surface area contributed by atoms with Crippen LogP contribution in [0, 0.1) is 17.2 Å². The van der Waals surface area contributed by atoms with Crippen LogP contribution < -0.4 is 21.9 Å². The second-order valence-corrected chi connectivity index (χ2v) is 9.41. The maximum atomic E-state index is 13.4. The molecule has 0 saturated heterocycles. The highest BCUT2D eigenvalue weighted by Crippen LogP contribution is 2.17. The van der Waals surface area contributed by atoms with Gasteiger partial charge in [-0.3, -0.25) is 23.7 Å². The molecule has 2 rings (SSSR count). The highest BCUT2D eigenvalue weighted by molar-refractivity contribution is 6.43. The molecule has 0 fully saturated rings. The third-order valence-electron chi connectivity index (χ3n) is 5.90. The van der Waals surface area contributed by atoms with Gasteiger partial charge in [-0.15, -0.1) is 0 Å². The molecule has 0 bridgehead atoms. The molecule has 1 heterocycles. The summed E-state index contributed by atoms with van der Waals surface area (Å²) in [4.78, 5) is 50.5. The number of hydrogen-bond donors (Lipinski definition) is 5. The van der Waals surface area contributed by atoms with Gasteiger partial charge in [-0.05, 0) is 43.2 Å². The Morgan fingerprint density at radius 1 is 1.10 bits per heavy atom. The summed E-state index contributed by atoms with van der Waals surface area (Å²) in [6, 6.07) is 13.5. The van der Waals surface area contributed by atoms with E-state index in [1.807, 2.05) is 19.9 Å². The number of amides is 3. The predicted molar refractivity (Wildman–Crippen MR) is 146 cm³/mol. The Bertz CT molecular complexity index is 1270. The molecular formula is C27H34BN5O6. The van der Waals surface area contributed by atoms with Crippen molar-refractivity contribution in [3.8, 4) is 6.07 Å². The molecule has 3 amide bonds. The number of carbonyl (C=O) groups excluding carboxylic acids is 3. The number of primary amides is 1. The van der Waals surface area contributed by atoms with Crippen LogP contribution in [-0.2, 0) is 16.0 Å². The van der Waals surface area contributed by atoms with Crippen molar-refractivity contribution in [2.75, 3.05) is 6.54 Å². The second kappa shape index (κ2) is 15.3. The second-order valence-electron chi connectivity index (χ2n) is 9.41. The molecule has 0 aliphatic rings. The van der Waals surface area contributed by atoms with Gasteiger partial charge in [0, 0.05) is 12.6 Å². The number of rotatable bonds is 14. The third kappa shape index (κ3) is 9.56. The van der Waals surface area contributed by atoms with Crippen LogP contribution in [0.1, 0.15) is 55.2 Å². The van der Waals surface area contributed by atoms with E-state index in [0.29, 0.717) is 12.8 Å². The van der Waals surface area contributed by atoms with E-state index >= 15 is 0 Å². The average Bonchev–Trinajstić information content (AvgIpc) is 2.89. The van der Waals surface area contributed by atoms with Crippen LogP contribution in [0.4, 0.5) is 0 Å². The van der Waals surface area contributed by atoms with Gasteiger partial charge in [-0.25, -0.2) is 0 Å². The first-order chi connectivity index (χ1) is 18.5. The highest BCUT2D eigenvalue weighted by atomic mass is 16.4. The molecule has 6 N–H and O–H groups in total. The van der Waals surface area contributed by atoms with Crippen LogP contribution >= 0.6 is 0 Å². The van der Waals surface area contributed by atoms with Gasteiger partial charge in [0.1, 0.15) is 23.4 Å². The minimum atomic E-state index is -1.89. The van der Waals surface area contributed by atoms with Crippen molar-refractivity contribution in [1.82, 2.24) is 15.2 Å². The molecule has 2 aromatic rings. The van der Waals surface area contributed by atoms with E-state index in [9.17, 15) is 34.5 Å². The first kappa shape index (κ1) is 31.0. The third-order valence-corrected chi connectivity index (χ3v) is 5.90. The number of benzene rings is 1. The first-order valence-corrected chi connectivity index (χ1v) is 12.7. The molecule has 12 heteroatoms. The van der Waals surface area contributed by atoms with E-state index in [4.69, 9.17) is 5.73 Å². The molecule has 2 atom stereocenters. The van der Waals surface area contributed by atoms with Gasteiger partial charge >= 0.3 is 7.12 Å². The molecule has 0 saturated carbocycles. The number of allylic oxidation sites excluding steroid dienone is 1. The Morgan fingerprint density at radius 2 is 1.79 bits per heavy atom. The van der Waals surface area contributed by atoms with E-state index in [0.717, 1.165) is 10.1 Å². The van der Waals surface area contributed by atoms with Crippen molar-refractivity contribution < 1.29 is 24.4 Å². The number of pyridine rings is 1. The average molecular weight is 535 g/mol. The molecule has 1 aromatic carbocycles. The number of nitrogens with two attached hydrogens (primary N) is 1. The lowest BCUT2D eigenvalue weighted by Gasteiger charge is -2.25. The molecule has 0 radical (unpaired) electrons. The van der Waals surface area contributed by atoms with Crippen LogP contribution in [0.25, 0.3) is 0 Å². The van der Waals surface area contributed by atoms with Gasteiger partial charge in [0.2, 0.25) is 5.91 Å². The molecule has 206 valence electrons. The Hall–Kier alpha value is -4.21. The lowest BCUT2D eigenvalue weighted by atomic mass is 9.75. The van der Waals surface area contributed by atoms with Gasteiger partial charge in [-0.2, -0.15) is 5.26 Å². The first-order valence-electron chi connectivity index (χ1n) is 12.7. The van der Waals surface area contributed by atoms with Gasteiger partial charge in [0.25, 0.3) is 17.4 Å². The number of hydrogen-bond acceptors (Lipinski definition) is 7. The molecular weight excluding hydrogens is 501 g/mol. The maximum Gasteiger partial charge on any atom is 0.475 e. The number of carbonyl (C=O) groups is 3. The molecule has 0 unspecified atom stereocenters. The van der Waals surface area contributed by atoms with E-state index in [1.54, 1.807) is 36.4 Å². The van der Waals surface area contributed by atoms with E-state index in [2.05, 4.69) is 10.6 Å². The zero-order valence-corrected chi connectivity index (χ0v) is 22.0. The molecule has 0 aliphatic heterocycles. The zero-order valence-electron chi connectivity index (χ0n) is 22.0. The Morgan fingerprint density at radius 3 is 2.38 bits per heavy atom. The highest BCUT2D eigenvalue weighted by Gasteiger charge is 2.31. The van der Waals surface area contributed by atoms with Crippen molar-refractivity contribution in [3.05, 3.63) is 81.8 Å². The standard InChI is InChI=1S/C27H34BN5O6/c1-18(2)15-20(17-29)26(36)31-14-7-6-11-22(33-21(25(30)35)12-8-13-24(33)34)27(37)32-23(28(38)39)16-19-9-4-3-5-10-19/h3-5,8-10,12-13,15,18,22-23,38-39H,6-7,11,14,16H2,1-2H3,(H2,30,35)(H,31,36)(H,32,37)/t22-,23-/m0/s1. The predicted octanol–water partition coefficient (Wildman–Crippen LogP) is 0.620. The minimum Gasteiger partial charge on any atom is -0.426 e. The van der Waals surface area contributed by atoms with Crippen molar-refractivity contribution in [2.45, 2.75) is 51.5 Å². The summed E-state index contributed by atoms with van der Waals surface area (Å²) in [5, 5.41) is 34.3. The van der Waals surface area contributed by atoms with Gasteiger partial charge in [0.05, 0.1) is 5.94 Å². The van der Waals surface area contributed by atoms with Crippen LogP contribution in [0.2, 0.25) is 0 Å². The quantitative estimate of drug-likeness (QED) is 0.101. The smallest absolute Gasteiger partial charge is 0.426 e. The molecule has 11 nitrogen and oxygen atoms in total. The normalized spacial score (nSPS) is 12.8. The summed E-state index contributed by atoms with van der Waals surface area (Å²) in [5.41, 5.74) is 5.44. The van der Waals surface area contributed by atoms with Crippen molar-refractivity contribution in [2.24, 2.45) is 11.7 Å². The summed E-state index contributed by atoms with van der Waals surface area (Å²) in [6.45, 7) is 3.91. The van der Waals surface area contributed by atoms with Crippen LogP contribution in [0.15, 0.2) is 65.0 Å². The van der Waals surface area contributed by atoms with E-state index in [1.165, 1.54) is 18.2 Å². The van der Waals surface area contributed by atoms with Gasteiger partial charge < -0.3 is 26.4 Å². The molecule has 0 spiro atoms.